The fourth-order valence-corrected chi connectivity index (χ4v) is 1.20. The third-order valence-electron chi connectivity index (χ3n) is 2.13. The number of hydrogen-bond donors (Lipinski definition) is 3. The van der Waals surface area contributed by atoms with Gasteiger partial charge in [-0.2, -0.15) is 0 Å². The van der Waals surface area contributed by atoms with Crippen molar-refractivity contribution < 1.29 is 9.53 Å². The summed E-state index contributed by atoms with van der Waals surface area (Å²) in [7, 11) is 1.64. The number of unbranched alkanes of at least 4 members (excludes halogenated alkanes) is 1. The SMILES string of the molecule is COCCCNC(=O)C(N)CCCCN. The molecule has 1 unspecified atom stereocenters. The molecule has 0 fully saturated rings. The monoisotopic (exact) mass is 217 g/mol. The van der Waals surface area contributed by atoms with Crippen LogP contribution in [0, 0.1) is 0 Å². The predicted octanol–water partition coefficient (Wildman–Crippen LogP) is -0.405. The van der Waals surface area contributed by atoms with Crippen molar-refractivity contribution in [1.82, 2.24) is 5.32 Å². The van der Waals surface area contributed by atoms with Crippen LogP contribution in [0.3, 0.4) is 0 Å². The van der Waals surface area contributed by atoms with Crippen molar-refractivity contribution in [2.75, 3.05) is 26.8 Å². The van der Waals surface area contributed by atoms with Crippen LogP contribution in [0.5, 0.6) is 0 Å². The van der Waals surface area contributed by atoms with Gasteiger partial charge >= 0.3 is 0 Å². The zero-order chi connectivity index (χ0) is 11.5. The van der Waals surface area contributed by atoms with Gasteiger partial charge in [-0.15, -0.1) is 0 Å². The fraction of sp³-hybridized carbons (Fsp3) is 0.900. The molecule has 5 nitrogen and oxygen atoms in total. The quantitative estimate of drug-likeness (QED) is 0.458. The number of carbonyl (C=O) groups excluding carboxylic acids is 1. The van der Waals surface area contributed by atoms with E-state index in [9.17, 15) is 4.79 Å². The van der Waals surface area contributed by atoms with Gasteiger partial charge in [0.2, 0.25) is 5.91 Å². The standard InChI is InChI=1S/C10H23N3O2/c1-15-8-4-7-13-10(14)9(12)5-2-3-6-11/h9H,2-8,11-12H2,1H3,(H,13,14). The van der Waals surface area contributed by atoms with Gasteiger partial charge in [0.1, 0.15) is 0 Å². The van der Waals surface area contributed by atoms with Crippen LogP contribution in [0.15, 0.2) is 0 Å². The second kappa shape index (κ2) is 9.89. The van der Waals surface area contributed by atoms with E-state index in [0.29, 0.717) is 26.1 Å². The lowest BCUT2D eigenvalue weighted by Gasteiger charge is -2.11. The van der Waals surface area contributed by atoms with Gasteiger partial charge in [0.25, 0.3) is 0 Å². The molecule has 1 atom stereocenters. The molecule has 0 aromatic rings. The molecule has 0 saturated heterocycles. The lowest BCUT2D eigenvalue weighted by Crippen LogP contribution is -2.41. The van der Waals surface area contributed by atoms with E-state index in [-0.39, 0.29) is 5.91 Å². The van der Waals surface area contributed by atoms with Crippen LogP contribution in [-0.4, -0.2) is 38.8 Å². The largest absolute Gasteiger partial charge is 0.385 e. The van der Waals surface area contributed by atoms with Crippen molar-refractivity contribution in [2.24, 2.45) is 11.5 Å². The molecular formula is C10H23N3O2. The number of nitrogens with one attached hydrogen (secondary N) is 1. The van der Waals surface area contributed by atoms with Gasteiger partial charge in [-0.3, -0.25) is 4.79 Å². The number of amides is 1. The van der Waals surface area contributed by atoms with E-state index in [4.69, 9.17) is 16.2 Å². The molecule has 0 spiro atoms. The Balaban J connectivity index is 3.42. The van der Waals surface area contributed by atoms with Gasteiger partial charge in [-0.05, 0) is 25.8 Å². The van der Waals surface area contributed by atoms with Crippen LogP contribution >= 0.6 is 0 Å². The van der Waals surface area contributed by atoms with Crippen molar-refractivity contribution in [3.8, 4) is 0 Å². The van der Waals surface area contributed by atoms with E-state index < -0.39 is 6.04 Å². The summed E-state index contributed by atoms with van der Waals surface area (Å²) >= 11 is 0. The highest BCUT2D eigenvalue weighted by atomic mass is 16.5. The molecule has 0 aromatic heterocycles. The lowest BCUT2D eigenvalue weighted by atomic mass is 10.1. The first-order valence-electron chi connectivity index (χ1n) is 5.44. The molecule has 0 saturated carbocycles. The van der Waals surface area contributed by atoms with Gasteiger partial charge in [0.15, 0.2) is 0 Å². The first-order valence-corrected chi connectivity index (χ1v) is 5.44. The molecule has 0 heterocycles. The molecule has 5 heteroatoms. The third kappa shape index (κ3) is 8.35. The number of nitrogens with two attached hydrogens (primary N) is 2. The van der Waals surface area contributed by atoms with Gasteiger partial charge < -0.3 is 21.5 Å². The number of ether oxygens (including phenoxy) is 1. The first kappa shape index (κ1) is 14.3. The van der Waals surface area contributed by atoms with Crippen LogP contribution in [-0.2, 0) is 9.53 Å². The first-order chi connectivity index (χ1) is 7.22. The van der Waals surface area contributed by atoms with Crippen molar-refractivity contribution in [3.63, 3.8) is 0 Å². The van der Waals surface area contributed by atoms with E-state index in [1.807, 2.05) is 0 Å². The van der Waals surface area contributed by atoms with Crippen LogP contribution < -0.4 is 16.8 Å². The Morgan fingerprint density at radius 2 is 2.13 bits per heavy atom. The molecule has 90 valence electrons. The van der Waals surface area contributed by atoms with Crippen molar-refractivity contribution in [1.29, 1.82) is 0 Å². The van der Waals surface area contributed by atoms with Crippen molar-refractivity contribution in [3.05, 3.63) is 0 Å². The molecular weight excluding hydrogens is 194 g/mol. The van der Waals surface area contributed by atoms with Crippen molar-refractivity contribution in [2.45, 2.75) is 31.7 Å². The highest BCUT2D eigenvalue weighted by Gasteiger charge is 2.11. The fourth-order valence-electron chi connectivity index (χ4n) is 1.20. The average Bonchev–Trinajstić information content (AvgIpc) is 2.24. The summed E-state index contributed by atoms with van der Waals surface area (Å²) in [5.74, 6) is -0.0804. The van der Waals surface area contributed by atoms with E-state index in [0.717, 1.165) is 19.3 Å². The Morgan fingerprint density at radius 1 is 1.40 bits per heavy atom. The van der Waals surface area contributed by atoms with Crippen LogP contribution in [0.1, 0.15) is 25.7 Å². The van der Waals surface area contributed by atoms with Crippen LogP contribution in [0.4, 0.5) is 0 Å². The summed E-state index contributed by atoms with van der Waals surface area (Å²) in [6.07, 6.45) is 3.35. The minimum atomic E-state index is -0.404. The Bertz CT molecular complexity index is 165. The molecule has 5 N–H and O–H groups in total. The normalized spacial score (nSPS) is 12.5. The maximum absolute atomic E-state index is 11.4. The number of hydrogen-bond acceptors (Lipinski definition) is 4. The van der Waals surface area contributed by atoms with E-state index in [1.165, 1.54) is 0 Å². The smallest absolute Gasteiger partial charge is 0.236 e. The van der Waals surface area contributed by atoms with Gasteiger partial charge in [0.05, 0.1) is 6.04 Å². The highest BCUT2D eigenvalue weighted by molar-refractivity contribution is 5.81. The maximum Gasteiger partial charge on any atom is 0.236 e. The molecule has 0 aliphatic heterocycles. The summed E-state index contributed by atoms with van der Waals surface area (Å²) in [5.41, 5.74) is 11.0. The molecule has 0 rings (SSSR count). The summed E-state index contributed by atoms with van der Waals surface area (Å²) in [6.45, 7) is 1.93. The summed E-state index contributed by atoms with van der Waals surface area (Å²) in [6, 6.07) is -0.404. The number of carbonyl (C=O) groups is 1. The van der Waals surface area contributed by atoms with Crippen LogP contribution in [0.2, 0.25) is 0 Å². The molecule has 0 bridgehead atoms. The summed E-state index contributed by atoms with van der Waals surface area (Å²) < 4.78 is 4.87. The second-order valence-corrected chi connectivity index (χ2v) is 3.53. The van der Waals surface area contributed by atoms with E-state index in [1.54, 1.807) is 7.11 Å². The summed E-state index contributed by atoms with van der Waals surface area (Å²) in [5, 5.41) is 2.77. The third-order valence-corrected chi connectivity index (χ3v) is 2.13. The maximum atomic E-state index is 11.4. The second-order valence-electron chi connectivity index (χ2n) is 3.53. The van der Waals surface area contributed by atoms with Crippen molar-refractivity contribution >= 4 is 5.91 Å². The Morgan fingerprint density at radius 3 is 2.73 bits per heavy atom. The number of rotatable bonds is 9. The average molecular weight is 217 g/mol. The summed E-state index contributed by atoms with van der Waals surface area (Å²) in [4.78, 5) is 11.4. The molecule has 1 amide bonds. The molecule has 0 aliphatic carbocycles. The predicted molar refractivity (Wildman–Crippen MR) is 60.4 cm³/mol. The minimum Gasteiger partial charge on any atom is -0.385 e. The number of methoxy groups -OCH3 is 1. The van der Waals surface area contributed by atoms with Gasteiger partial charge in [-0.1, -0.05) is 6.42 Å². The molecule has 0 radical (unpaired) electrons. The van der Waals surface area contributed by atoms with E-state index >= 15 is 0 Å². The minimum absolute atomic E-state index is 0.0804. The Kier molecular flexibility index (Phi) is 9.46. The topological polar surface area (TPSA) is 90.4 Å². The molecule has 0 aromatic carbocycles. The Hall–Kier alpha value is -0.650. The highest BCUT2D eigenvalue weighted by Crippen LogP contribution is 1.97. The van der Waals surface area contributed by atoms with Gasteiger partial charge in [0, 0.05) is 20.3 Å². The Labute approximate surface area is 91.5 Å². The zero-order valence-corrected chi connectivity index (χ0v) is 9.50. The van der Waals surface area contributed by atoms with Gasteiger partial charge in [-0.25, -0.2) is 0 Å². The zero-order valence-electron chi connectivity index (χ0n) is 9.50. The van der Waals surface area contributed by atoms with Crippen LogP contribution in [0.25, 0.3) is 0 Å². The van der Waals surface area contributed by atoms with E-state index in [2.05, 4.69) is 5.32 Å². The molecule has 15 heavy (non-hydrogen) atoms. The molecule has 0 aliphatic rings. The lowest BCUT2D eigenvalue weighted by molar-refractivity contribution is -0.122.